The van der Waals surface area contributed by atoms with Crippen LogP contribution in [0.2, 0.25) is 0 Å². The van der Waals surface area contributed by atoms with Gasteiger partial charge in [-0.1, -0.05) is 54.9 Å². The Hall–Kier alpha value is -1.57. The Morgan fingerprint density at radius 1 is 0.955 bits per heavy atom. The van der Waals surface area contributed by atoms with Gasteiger partial charge in [-0.15, -0.1) is 0 Å². The largest absolute Gasteiger partial charge is 0.478 e. The molecule has 0 atom stereocenters. The first-order valence-electron chi connectivity index (χ1n) is 8.34. The molecule has 0 fully saturated rings. The smallest absolute Gasteiger partial charge is 0.331 e. The lowest BCUT2D eigenvalue weighted by Gasteiger charge is -2.12. The summed E-state index contributed by atoms with van der Waals surface area (Å²) in [4.78, 5) is 11.4. The van der Waals surface area contributed by atoms with Crippen molar-refractivity contribution in [3.05, 3.63) is 46.6 Å². The van der Waals surface area contributed by atoms with E-state index in [9.17, 15) is 9.90 Å². The fourth-order valence-corrected chi connectivity index (χ4v) is 2.59. The average Bonchev–Trinajstić information content (AvgIpc) is 2.43. The highest BCUT2D eigenvalue weighted by molar-refractivity contribution is 5.86. The lowest BCUT2D eigenvalue weighted by Crippen LogP contribution is -2.03. The third-order valence-corrected chi connectivity index (χ3v) is 4.24. The van der Waals surface area contributed by atoms with Crippen LogP contribution < -0.4 is 0 Å². The molecule has 0 aliphatic heterocycles. The van der Waals surface area contributed by atoms with Crippen LogP contribution in [0.5, 0.6) is 0 Å². The molecule has 2 nitrogen and oxygen atoms in total. The molecule has 0 bridgehead atoms. The van der Waals surface area contributed by atoms with Crippen molar-refractivity contribution in [1.82, 2.24) is 0 Å². The maximum atomic E-state index is 11.4. The number of rotatable bonds is 2. The Morgan fingerprint density at radius 2 is 1.59 bits per heavy atom. The van der Waals surface area contributed by atoms with E-state index in [4.69, 9.17) is 0 Å². The molecular formula is C20H30O2. The van der Waals surface area contributed by atoms with Crippen molar-refractivity contribution >= 4 is 5.97 Å². The summed E-state index contributed by atoms with van der Waals surface area (Å²) >= 11 is 0. The summed E-state index contributed by atoms with van der Waals surface area (Å²) in [6.07, 6.45) is 14.0. The van der Waals surface area contributed by atoms with Gasteiger partial charge in [0, 0.05) is 5.57 Å². The van der Waals surface area contributed by atoms with Crippen LogP contribution in [-0.2, 0) is 4.79 Å². The molecule has 0 aromatic rings. The Morgan fingerprint density at radius 3 is 2.23 bits per heavy atom. The summed E-state index contributed by atoms with van der Waals surface area (Å²) in [5.41, 5.74) is 4.62. The van der Waals surface area contributed by atoms with Gasteiger partial charge in [-0.05, 0) is 58.3 Å². The summed E-state index contributed by atoms with van der Waals surface area (Å²) < 4.78 is 0. The summed E-state index contributed by atoms with van der Waals surface area (Å²) in [5.74, 6) is -0.322. The molecule has 0 aromatic carbocycles. The molecule has 0 unspecified atom stereocenters. The second kappa shape index (κ2) is 9.45. The van der Waals surface area contributed by atoms with Crippen LogP contribution in [0.15, 0.2) is 46.6 Å². The summed E-state index contributed by atoms with van der Waals surface area (Å²) in [6.45, 7) is 8.66. The van der Waals surface area contributed by atoms with Crippen LogP contribution in [0.3, 0.4) is 0 Å². The first kappa shape index (κ1) is 18.5. The van der Waals surface area contributed by atoms with E-state index in [-0.39, 0.29) is 0 Å². The van der Waals surface area contributed by atoms with Crippen molar-refractivity contribution in [2.45, 2.75) is 66.2 Å². The van der Waals surface area contributed by atoms with Crippen molar-refractivity contribution in [2.75, 3.05) is 0 Å². The van der Waals surface area contributed by atoms with Gasteiger partial charge in [0.15, 0.2) is 0 Å². The third-order valence-electron chi connectivity index (χ3n) is 4.24. The topological polar surface area (TPSA) is 37.3 Å². The van der Waals surface area contributed by atoms with E-state index >= 15 is 0 Å². The molecule has 1 rings (SSSR count). The quantitative estimate of drug-likeness (QED) is 0.652. The van der Waals surface area contributed by atoms with E-state index in [1.54, 1.807) is 0 Å². The zero-order valence-corrected chi connectivity index (χ0v) is 14.5. The molecule has 1 aliphatic rings. The minimum absolute atomic E-state index is 0.453. The minimum Gasteiger partial charge on any atom is -0.478 e. The highest BCUT2D eigenvalue weighted by Crippen LogP contribution is 2.22. The number of carboxylic acid groups (broad SMARTS) is 1. The van der Waals surface area contributed by atoms with Crippen LogP contribution >= 0.6 is 0 Å². The second-order valence-electron chi connectivity index (χ2n) is 6.57. The summed E-state index contributed by atoms with van der Waals surface area (Å²) in [5, 5.41) is 9.36. The highest BCUT2D eigenvalue weighted by Gasteiger charge is 2.10. The van der Waals surface area contributed by atoms with Crippen LogP contribution in [0, 0.1) is 5.92 Å². The molecule has 1 N–H and O–H groups in total. The van der Waals surface area contributed by atoms with Crippen LogP contribution in [-0.4, -0.2) is 11.1 Å². The van der Waals surface area contributed by atoms with Gasteiger partial charge in [0.05, 0.1) is 0 Å². The van der Waals surface area contributed by atoms with Crippen LogP contribution in [0.25, 0.3) is 0 Å². The maximum Gasteiger partial charge on any atom is 0.331 e. The monoisotopic (exact) mass is 302 g/mol. The van der Waals surface area contributed by atoms with Crippen LogP contribution in [0.1, 0.15) is 66.2 Å². The van der Waals surface area contributed by atoms with E-state index in [2.05, 4.69) is 45.9 Å². The molecule has 0 amide bonds. The third kappa shape index (κ3) is 6.93. The maximum absolute atomic E-state index is 11.4. The minimum atomic E-state index is -0.774. The molecule has 0 saturated carbocycles. The van der Waals surface area contributed by atoms with E-state index in [0.29, 0.717) is 17.9 Å². The molecule has 2 heteroatoms. The normalized spacial score (nSPS) is 28.2. The molecule has 0 spiro atoms. The van der Waals surface area contributed by atoms with Crippen molar-refractivity contribution < 1.29 is 9.90 Å². The highest BCUT2D eigenvalue weighted by atomic mass is 16.4. The van der Waals surface area contributed by atoms with Gasteiger partial charge >= 0.3 is 5.97 Å². The number of aliphatic carboxylic acids is 1. The van der Waals surface area contributed by atoms with Gasteiger partial charge in [0.2, 0.25) is 0 Å². The molecule has 0 aromatic heterocycles. The van der Waals surface area contributed by atoms with Gasteiger partial charge in [-0.2, -0.15) is 0 Å². The predicted molar refractivity (Wildman–Crippen MR) is 93.9 cm³/mol. The standard InChI is InChI=1S/C20H30O2/c1-15(2)18-12-11-17(4)8-5-7-16(3)9-6-10-19(14-13-18)20(21)22/h7,10-12,15H,5-6,8-9,13-14H2,1-4H3,(H,21,22)/b16-7+,17-11+,18-12+,19-10-. The lowest BCUT2D eigenvalue weighted by atomic mass is 9.94. The van der Waals surface area contributed by atoms with Gasteiger partial charge in [-0.25, -0.2) is 4.79 Å². The molecule has 22 heavy (non-hydrogen) atoms. The molecule has 0 saturated heterocycles. The molecule has 0 radical (unpaired) electrons. The van der Waals surface area contributed by atoms with E-state index in [1.165, 1.54) is 16.7 Å². The Balaban J connectivity index is 3.00. The van der Waals surface area contributed by atoms with Crippen molar-refractivity contribution in [2.24, 2.45) is 5.92 Å². The molecule has 1 aliphatic carbocycles. The molecule has 0 heterocycles. The van der Waals surface area contributed by atoms with Crippen LogP contribution in [0.4, 0.5) is 0 Å². The van der Waals surface area contributed by atoms with Gasteiger partial charge < -0.3 is 5.11 Å². The van der Waals surface area contributed by atoms with Gasteiger partial charge in [0.25, 0.3) is 0 Å². The van der Waals surface area contributed by atoms with E-state index < -0.39 is 5.97 Å². The zero-order chi connectivity index (χ0) is 16.5. The predicted octanol–water partition coefficient (Wildman–Crippen LogP) is 5.83. The SMILES string of the molecule is C/C1=C\CC/C(C)=C/C=C(/C(C)C)CC/C(C(=O)O)=C/CC1. The Labute approximate surface area is 135 Å². The molecule has 122 valence electrons. The number of allylic oxidation sites excluding steroid dienone is 7. The number of hydrogen-bond donors (Lipinski definition) is 1. The number of carboxylic acids is 1. The fraction of sp³-hybridized carbons (Fsp3) is 0.550. The average molecular weight is 302 g/mol. The summed E-state index contributed by atoms with van der Waals surface area (Å²) in [7, 11) is 0. The van der Waals surface area contributed by atoms with E-state index in [1.807, 2.05) is 6.08 Å². The van der Waals surface area contributed by atoms with Gasteiger partial charge in [-0.3, -0.25) is 0 Å². The second-order valence-corrected chi connectivity index (χ2v) is 6.57. The first-order valence-corrected chi connectivity index (χ1v) is 8.34. The Kier molecular flexibility index (Phi) is 7.94. The van der Waals surface area contributed by atoms with E-state index in [0.717, 1.165) is 32.1 Å². The lowest BCUT2D eigenvalue weighted by molar-refractivity contribution is -0.132. The fourth-order valence-electron chi connectivity index (χ4n) is 2.59. The molecular weight excluding hydrogens is 272 g/mol. The van der Waals surface area contributed by atoms with Crippen molar-refractivity contribution in [3.8, 4) is 0 Å². The zero-order valence-electron chi connectivity index (χ0n) is 14.5. The van der Waals surface area contributed by atoms with Crippen molar-refractivity contribution in [3.63, 3.8) is 0 Å². The number of hydrogen-bond acceptors (Lipinski definition) is 1. The van der Waals surface area contributed by atoms with Gasteiger partial charge in [0.1, 0.15) is 0 Å². The number of carbonyl (C=O) groups is 1. The summed E-state index contributed by atoms with van der Waals surface area (Å²) in [6, 6.07) is 0. The van der Waals surface area contributed by atoms with Crippen molar-refractivity contribution in [1.29, 1.82) is 0 Å². The first-order chi connectivity index (χ1) is 10.4. The Bertz CT molecular complexity index is 502.